The fourth-order valence-corrected chi connectivity index (χ4v) is 3.22. The SMILES string of the molecule is CCCNCC1(CCOCC)CCOC1C1CC1. The monoisotopic (exact) mass is 255 g/mol. The molecule has 2 unspecified atom stereocenters. The Bertz CT molecular complexity index is 231. The Hall–Kier alpha value is -0.120. The van der Waals surface area contributed by atoms with Crippen molar-refractivity contribution < 1.29 is 9.47 Å². The summed E-state index contributed by atoms with van der Waals surface area (Å²) >= 11 is 0. The van der Waals surface area contributed by atoms with Crippen LogP contribution in [0.5, 0.6) is 0 Å². The summed E-state index contributed by atoms with van der Waals surface area (Å²) in [5.41, 5.74) is 0.339. The van der Waals surface area contributed by atoms with Crippen molar-refractivity contribution in [3.8, 4) is 0 Å². The summed E-state index contributed by atoms with van der Waals surface area (Å²) in [5.74, 6) is 0.831. The van der Waals surface area contributed by atoms with Gasteiger partial charge in [-0.2, -0.15) is 0 Å². The van der Waals surface area contributed by atoms with Gasteiger partial charge in [-0.3, -0.25) is 0 Å². The van der Waals surface area contributed by atoms with Gasteiger partial charge in [-0.05, 0) is 51.5 Å². The molecule has 1 aliphatic carbocycles. The first-order chi connectivity index (χ1) is 8.82. The first kappa shape index (κ1) is 14.3. The zero-order valence-electron chi connectivity index (χ0n) is 12.0. The lowest BCUT2D eigenvalue weighted by Gasteiger charge is -2.34. The van der Waals surface area contributed by atoms with Crippen LogP contribution in [0.1, 0.15) is 46.0 Å². The maximum absolute atomic E-state index is 6.06. The van der Waals surface area contributed by atoms with Crippen LogP contribution in [-0.4, -0.2) is 39.0 Å². The van der Waals surface area contributed by atoms with Gasteiger partial charge in [-0.1, -0.05) is 6.92 Å². The van der Waals surface area contributed by atoms with Crippen molar-refractivity contribution in [1.29, 1.82) is 0 Å². The van der Waals surface area contributed by atoms with Gasteiger partial charge in [0.1, 0.15) is 0 Å². The van der Waals surface area contributed by atoms with Crippen LogP contribution in [0.25, 0.3) is 0 Å². The normalized spacial score (nSPS) is 32.0. The molecule has 2 fully saturated rings. The second kappa shape index (κ2) is 6.88. The van der Waals surface area contributed by atoms with Crippen LogP contribution in [-0.2, 0) is 9.47 Å². The number of hydrogen-bond acceptors (Lipinski definition) is 3. The predicted molar refractivity (Wildman–Crippen MR) is 73.8 cm³/mol. The molecular weight excluding hydrogens is 226 g/mol. The molecule has 0 amide bonds. The Labute approximate surface area is 112 Å². The van der Waals surface area contributed by atoms with Gasteiger partial charge in [0.2, 0.25) is 0 Å². The summed E-state index contributed by atoms with van der Waals surface area (Å²) in [5, 5.41) is 3.62. The summed E-state index contributed by atoms with van der Waals surface area (Å²) in [7, 11) is 0. The summed E-state index contributed by atoms with van der Waals surface area (Å²) in [6.45, 7) is 9.18. The van der Waals surface area contributed by atoms with E-state index in [1.807, 2.05) is 0 Å². The molecular formula is C15H29NO2. The first-order valence-corrected chi connectivity index (χ1v) is 7.72. The molecule has 106 valence electrons. The van der Waals surface area contributed by atoms with Crippen molar-refractivity contribution in [3.05, 3.63) is 0 Å². The smallest absolute Gasteiger partial charge is 0.0673 e. The quantitative estimate of drug-likeness (QED) is 0.642. The summed E-state index contributed by atoms with van der Waals surface area (Å²) in [6, 6.07) is 0. The van der Waals surface area contributed by atoms with Crippen LogP contribution >= 0.6 is 0 Å². The molecule has 3 nitrogen and oxygen atoms in total. The van der Waals surface area contributed by atoms with Gasteiger partial charge in [0.25, 0.3) is 0 Å². The third kappa shape index (κ3) is 3.46. The van der Waals surface area contributed by atoms with Crippen LogP contribution in [0.15, 0.2) is 0 Å². The number of nitrogens with one attached hydrogen (secondary N) is 1. The van der Waals surface area contributed by atoms with Gasteiger partial charge in [0.05, 0.1) is 6.10 Å². The molecule has 0 bridgehead atoms. The van der Waals surface area contributed by atoms with E-state index in [0.717, 1.165) is 45.2 Å². The van der Waals surface area contributed by atoms with Gasteiger partial charge >= 0.3 is 0 Å². The Balaban J connectivity index is 1.91. The van der Waals surface area contributed by atoms with E-state index in [1.54, 1.807) is 0 Å². The molecule has 1 aliphatic heterocycles. The standard InChI is InChI=1S/C15H29NO2/c1-3-9-16-12-15(7-10-17-4-2)8-11-18-14(15)13-5-6-13/h13-14,16H,3-12H2,1-2H3. The first-order valence-electron chi connectivity index (χ1n) is 7.72. The highest BCUT2D eigenvalue weighted by atomic mass is 16.5. The topological polar surface area (TPSA) is 30.5 Å². The van der Waals surface area contributed by atoms with Gasteiger partial charge < -0.3 is 14.8 Å². The lowest BCUT2D eigenvalue weighted by Crippen LogP contribution is -2.43. The molecule has 2 rings (SSSR count). The number of rotatable bonds is 9. The van der Waals surface area contributed by atoms with Gasteiger partial charge in [-0.25, -0.2) is 0 Å². The Morgan fingerprint density at radius 2 is 2.17 bits per heavy atom. The molecule has 3 heteroatoms. The molecule has 1 N–H and O–H groups in total. The van der Waals surface area contributed by atoms with Crippen molar-refractivity contribution in [2.75, 3.05) is 32.9 Å². The molecule has 1 saturated carbocycles. The minimum atomic E-state index is 0.339. The van der Waals surface area contributed by atoms with Crippen molar-refractivity contribution >= 4 is 0 Å². The second-order valence-corrected chi connectivity index (χ2v) is 5.86. The third-order valence-electron chi connectivity index (χ3n) is 4.40. The molecule has 0 spiro atoms. The minimum absolute atomic E-state index is 0.339. The molecule has 0 aromatic carbocycles. The van der Waals surface area contributed by atoms with E-state index in [2.05, 4.69) is 19.2 Å². The molecule has 18 heavy (non-hydrogen) atoms. The van der Waals surface area contributed by atoms with Crippen molar-refractivity contribution in [1.82, 2.24) is 5.32 Å². The van der Waals surface area contributed by atoms with Crippen LogP contribution in [0.3, 0.4) is 0 Å². The zero-order valence-corrected chi connectivity index (χ0v) is 12.0. The summed E-state index contributed by atoms with van der Waals surface area (Å²) in [6.07, 6.45) is 6.79. The molecule has 1 heterocycles. The largest absolute Gasteiger partial charge is 0.382 e. The number of hydrogen-bond donors (Lipinski definition) is 1. The molecule has 0 aromatic rings. The van der Waals surface area contributed by atoms with E-state index in [1.165, 1.54) is 25.7 Å². The fourth-order valence-electron chi connectivity index (χ4n) is 3.22. The van der Waals surface area contributed by atoms with Gasteiger partial charge in [0, 0.05) is 31.8 Å². The highest BCUT2D eigenvalue weighted by molar-refractivity contribution is 5.00. The van der Waals surface area contributed by atoms with Crippen LogP contribution in [0, 0.1) is 11.3 Å². The van der Waals surface area contributed by atoms with E-state index in [-0.39, 0.29) is 0 Å². The Kier molecular flexibility index (Phi) is 5.46. The van der Waals surface area contributed by atoms with E-state index in [0.29, 0.717) is 11.5 Å². The molecule has 2 aliphatic rings. The van der Waals surface area contributed by atoms with Crippen molar-refractivity contribution in [3.63, 3.8) is 0 Å². The zero-order chi connectivity index (χ0) is 12.8. The molecule has 1 saturated heterocycles. The molecule has 2 atom stereocenters. The average molecular weight is 255 g/mol. The maximum Gasteiger partial charge on any atom is 0.0673 e. The van der Waals surface area contributed by atoms with E-state index in [9.17, 15) is 0 Å². The molecule has 0 aromatic heterocycles. The lowest BCUT2D eigenvalue weighted by atomic mass is 9.76. The highest BCUT2D eigenvalue weighted by Crippen LogP contribution is 2.49. The predicted octanol–water partition coefficient (Wildman–Crippen LogP) is 2.60. The van der Waals surface area contributed by atoms with E-state index < -0.39 is 0 Å². The fraction of sp³-hybridized carbons (Fsp3) is 1.00. The van der Waals surface area contributed by atoms with Crippen LogP contribution in [0.2, 0.25) is 0 Å². The minimum Gasteiger partial charge on any atom is -0.382 e. The third-order valence-corrected chi connectivity index (χ3v) is 4.40. The summed E-state index contributed by atoms with van der Waals surface area (Å²) in [4.78, 5) is 0. The van der Waals surface area contributed by atoms with Crippen LogP contribution in [0.4, 0.5) is 0 Å². The number of ether oxygens (including phenoxy) is 2. The van der Waals surface area contributed by atoms with Crippen molar-refractivity contribution in [2.24, 2.45) is 11.3 Å². The van der Waals surface area contributed by atoms with Crippen LogP contribution < -0.4 is 5.32 Å². The molecule has 0 radical (unpaired) electrons. The Morgan fingerprint density at radius 1 is 1.33 bits per heavy atom. The highest BCUT2D eigenvalue weighted by Gasteiger charge is 2.50. The van der Waals surface area contributed by atoms with Crippen molar-refractivity contribution in [2.45, 2.75) is 52.1 Å². The second-order valence-electron chi connectivity index (χ2n) is 5.86. The van der Waals surface area contributed by atoms with Gasteiger partial charge in [0.15, 0.2) is 0 Å². The summed E-state index contributed by atoms with van der Waals surface area (Å²) < 4.78 is 11.7. The maximum atomic E-state index is 6.06. The average Bonchev–Trinajstić information content (AvgIpc) is 3.13. The Morgan fingerprint density at radius 3 is 2.83 bits per heavy atom. The van der Waals surface area contributed by atoms with E-state index >= 15 is 0 Å². The van der Waals surface area contributed by atoms with Gasteiger partial charge in [-0.15, -0.1) is 0 Å². The lowest BCUT2D eigenvalue weighted by molar-refractivity contribution is 0.0101. The van der Waals surface area contributed by atoms with E-state index in [4.69, 9.17) is 9.47 Å².